The van der Waals surface area contributed by atoms with Gasteiger partial charge in [0, 0.05) is 39.0 Å². The van der Waals surface area contributed by atoms with Crippen LogP contribution in [0.4, 0.5) is 40.0 Å². The fourth-order valence-corrected chi connectivity index (χ4v) is 4.70. The summed E-state index contributed by atoms with van der Waals surface area (Å²) in [6, 6.07) is 29.7. The molecule has 0 fully saturated rings. The normalized spacial score (nSPS) is 10.0. The van der Waals surface area contributed by atoms with Crippen LogP contribution in [0.2, 0.25) is 5.22 Å². The van der Waals surface area contributed by atoms with E-state index in [1.807, 2.05) is 17.5 Å². The molecule has 0 aliphatic heterocycles. The van der Waals surface area contributed by atoms with Crippen LogP contribution >= 0.6 is 22.9 Å². The molecule has 256 valence electrons. The molecule has 3 aromatic carbocycles. The molecule has 0 saturated heterocycles. The predicted octanol–water partition coefficient (Wildman–Crippen LogP) is 7.30. The van der Waals surface area contributed by atoms with Gasteiger partial charge in [-0.3, -0.25) is 24.5 Å². The van der Waals surface area contributed by atoms with Gasteiger partial charge in [0.05, 0.1) is 12.5 Å². The fraction of sp³-hybridized carbons (Fsp3) is 0.0294. The van der Waals surface area contributed by atoms with Gasteiger partial charge in [-0.2, -0.15) is 0 Å². The number of halogens is 1. The van der Waals surface area contributed by atoms with Crippen molar-refractivity contribution in [3.63, 3.8) is 0 Å². The predicted molar refractivity (Wildman–Crippen MR) is 194 cm³/mol. The highest BCUT2D eigenvalue weighted by molar-refractivity contribution is 7.10. The van der Waals surface area contributed by atoms with Crippen molar-refractivity contribution in [1.29, 1.82) is 0 Å². The third-order valence-electron chi connectivity index (χ3n) is 6.24. The second-order valence-electron chi connectivity index (χ2n) is 10.1. The van der Waals surface area contributed by atoms with Crippen molar-refractivity contribution in [3.8, 4) is 0 Å². The molecule has 6 aromatic rings. The van der Waals surface area contributed by atoms with E-state index in [0.29, 0.717) is 34.9 Å². The minimum Gasteiger partial charge on any atom is -0.440 e. The van der Waals surface area contributed by atoms with Gasteiger partial charge in [0.25, 0.3) is 11.8 Å². The van der Waals surface area contributed by atoms with E-state index in [2.05, 4.69) is 16.0 Å². The van der Waals surface area contributed by atoms with Gasteiger partial charge in [0.2, 0.25) is 5.91 Å². The maximum atomic E-state index is 11.7. The van der Waals surface area contributed by atoms with Crippen molar-refractivity contribution in [2.45, 2.75) is 6.42 Å². The van der Waals surface area contributed by atoms with E-state index >= 15 is 0 Å². The summed E-state index contributed by atoms with van der Waals surface area (Å²) in [5.74, 6) is -1.35. The molecule has 3 heterocycles. The lowest BCUT2D eigenvalue weighted by molar-refractivity contribution is -0.402. The molecular formula is C34H30ClN7O7S. The topological polar surface area (TPSA) is 235 Å². The molecule has 3 aromatic heterocycles. The van der Waals surface area contributed by atoms with Gasteiger partial charge in [-0.15, -0.1) is 11.3 Å². The Morgan fingerprint density at radius 3 is 1.52 bits per heavy atom. The van der Waals surface area contributed by atoms with Gasteiger partial charge in [0.1, 0.15) is 4.92 Å². The van der Waals surface area contributed by atoms with E-state index in [0.717, 1.165) is 16.6 Å². The zero-order valence-electron chi connectivity index (χ0n) is 26.0. The third-order valence-corrected chi connectivity index (χ3v) is 7.32. The van der Waals surface area contributed by atoms with Crippen molar-refractivity contribution in [3.05, 3.63) is 146 Å². The summed E-state index contributed by atoms with van der Waals surface area (Å²) in [5, 5.41) is 20.5. The van der Waals surface area contributed by atoms with Crippen LogP contribution in [0.1, 0.15) is 26.0 Å². The standard InChI is InChI=1S/C12H12N2OS.C11H9ClN2O2.C11H9N3O4/c13-9-3-5-10(6-4-9)14-12(15)8-11-2-1-7-16-11;12-10-6-5-9(16-10)11(15)14-8-3-1-7(13)2-4-8;12-7-1-3-8(4-2-7)13-11(15)9-5-6-10(18-9)14(16)17/h1-7H,8,13H2,(H,14,15);1-6H,13H2,(H,14,15);1-6H,12H2,(H,13,15). The largest absolute Gasteiger partial charge is 0.440 e. The SMILES string of the molecule is Nc1ccc(NC(=O)Cc2cccs2)cc1.Nc1ccc(NC(=O)c2ccc(Cl)o2)cc1.Nc1ccc(NC(=O)c2ccc([N+](=O)[O-])o2)cc1. The van der Waals surface area contributed by atoms with Gasteiger partial charge < -0.3 is 42.0 Å². The van der Waals surface area contributed by atoms with E-state index in [1.165, 1.54) is 18.2 Å². The number of carbonyl (C=O) groups excluding carboxylic acids is 3. The van der Waals surface area contributed by atoms with Crippen molar-refractivity contribution in [2.75, 3.05) is 33.2 Å². The Kier molecular flexibility index (Phi) is 12.7. The molecule has 3 amide bonds. The molecule has 0 atom stereocenters. The number of rotatable bonds is 8. The van der Waals surface area contributed by atoms with E-state index in [4.69, 9.17) is 37.6 Å². The van der Waals surface area contributed by atoms with Crippen molar-refractivity contribution in [1.82, 2.24) is 0 Å². The van der Waals surface area contributed by atoms with E-state index < -0.39 is 16.7 Å². The van der Waals surface area contributed by atoms with Crippen LogP contribution in [0, 0.1) is 10.1 Å². The van der Waals surface area contributed by atoms with Gasteiger partial charge >= 0.3 is 5.88 Å². The van der Waals surface area contributed by atoms with Crippen molar-refractivity contribution >= 4 is 80.7 Å². The Hall–Kier alpha value is -6.58. The lowest BCUT2D eigenvalue weighted by Crippen LogP contribution is -2.13. The van der Waals surface area contributed by atoms with Crippen LogP contribution in [0.15, 0.2) is 123 Å². The van der Waals surface area contributed by atoms with Gasteiger partial charge in [-0.25, -0.2) is 0 Å². The van der Waals surface area contributed by atoms with E-state index in [9.17, 15) is 24.5 Å². The molecular weight excluding hydrogens is 686 g/mol. The Bertz CT molecular complexity index is 2030. The Morgan fingerprint density at radius 2 is 1.12 bits per heavy atom. The first-order valence-electron chi connectivity index (χ1n) is 14.5. The van der Waals surface area contributed by atoms with Crippen LogP contribution in [0.3, 0.4) is 0 Å². The first kappa shape index (κ1) is 36.3. The number of hydrogen-bond donors (Lipinski definition) is 6. The van der Waals surface area contributed by atoms with Gasteiger partial charge in [-0.05, 0) is 114 Å². The van der Waals surface area contributed by atoms with Crippen molar-refractivity contribution in [2.24, 2.45) is 0 Å². The number of furan rings is 2. The molecule has 0 aliphatic rings. The van der Waals surface area contributed by atoms with Crippen LogP contribution < -0.4 is 33.2 Å². The lowest BCUT2D eigenvalue weighted by Gasteiger charge is -2.04. The van der Waals surface area contributed by atoms with E-state index in [1.54, 1.807) is 84.1 Å². The number of anilines is 6. The zero-order chi connectivity index (χ0) is 36.0. The molecule has 0 bridgehead atoms. The highest BCUT2D eigenvalue weighted by Crippen LogP contribution is 2.19. The minimum atomic E-state index is -0.708. The molecule has 6 rings (SSSR count). The summed E-state index contributed by atoms with van der Waals surface area (Å²) in [7, 11) is 0. The number of benzene rings is 3. The number of nitrogens with one attached hydrogen (secondary N) is 3. The molecule has 0 saturated carbocycles. The summed E-state index contributed by atoms with van der Waals surface area (Å²) >= 11 is 7.15. The van der Waals surface area contributed by atoms with Crippen LogP contribution in [0.5, 0.6) is 0 Å². The summed E-state index contributed by atoms with van der Waals surface area (Å²) in [6.07, 6.45) is 0.419. The third kappa shape index (κ3) is 11.6. The molecule has 0 radical (unpaired) electrons. The molecule has 0 aliphatic carbocycles. The smallest absolute Gasteiger partial charge is 0.433 e. The molecule has 9 N–H and O–H groups in total. The number of hydrogen-bond acceptors (Lipinski definition) is 11. The molecule has 0 spiro atoms. The van der Waals surface area contributed by atoms with Crippen molar-refractivity contribution < 1.29 is 28.1 Å². The summed E-state index contributed by atoms with van der Waals surface area (Å²) in [4.78, 5) is 45.7. The number of nitrogens with zero attached hydrogens (tertiary/aromatic N) is 1. The van der Waals surface area contributed by atoms with Gasteiger partial charge in [-0.1, -0.05) is 6.07 Å². The number of nitro groups is 1. The second-order valence-corrected chi connectivity index (χ2v) is 11.5. The molecule has 16 heteroatoms. The average Bonchev–Trinajstić information content (AvgIpc) is 3.88. The maximum Gasteiger partial charge on any atom is 0.433 e. The number of nitrogen functional groups attached to an aromatic ring is 3. The highest BCUT2D eigenvalue weighted by Gasteiger charge is 2.17. The monoisotopic (exact) mass is 715 g/mol. The summed E-state index contributed by atoms with van der Waals surface area (Å²) in [5.41, 5.74) is 20.4. The Morgan fingerprint density at radius 1 is 0.660 bits per heavy atom. The average molecular weight is 716 g/mol. The lowest BCUT2D eigenvalue weighted by atomic mass is 10.2. The highest BCUT2D eigenvalue weighted by atomic mass is 35.5. The Labute approximate surface area is 294 Å². The first-order chi connectivity index (χ1) is 23.9. The minimum absolute atomic E-state index is 0.00720. The van der Waals surface area contributed by atoms with Crippen LogP contribution in [-0.2, 0) is 11.2 Å². The first-order valence-corrected chi connectivity index (χ1v) is 15.7. The number of amides is 3. The molecule has 50 heavy (non-hydrogen) atoms. The van der Waals surface area contributed by atoms with E-state index in [-0.39, 0.29) is 28.6 Å². The van der Waals surface area contributed by atoms with Gasteiger partial charge in [0.15, 0.2) is 16.7 Å². The molecule has 14 nitrogen and oxygen atoms in total. The Balaban J connectivity index is 0.000000169. The quantitative estimate of drug-likeness (QED) is 0.0522. The number of thiophene rings is 1. The molecule has 0 unspecified atom stereocenters. The number of nitrogens with two attached hydrogens (primary N) is 3. The summed E-state index contributed by atoms with van der Waals surface area (Å²) in [6.45, 7) is 0. The summed E-state index contributed by atoms with van der Waals surface area (Å²) < 4.78 is 9.74. The van der Waals surface area contributed by atoms with Crippen LogP contribution in [-0.4, -0.2) is 22.6 Å². The number of carbonyl (C=O) groups is 3. The maximum absolute atomic E-state index is 11.7. The second kappa shape index (κ2) is 17.5. The fourth-order valence-electron chi connectivity index (χ4n) is 3.85. The van der Waals surface area contributed by atoms with Crippen LogP contribution in [0.25, 0.3) is 0 Å². The zero-order valence-corrected chi connectivity index (χ0v) is 27.6.